The van der Waals surface area contributed by atoms with E-state index in [4.69, 9.17) is 11.6 Å². The molecule has 0 amide bonds. The predicted molar refractivity (Wildman–Crippen MR) is 51.0 cm³/mol. The standard InChI is InChI=1S/C9H8ClNO2/c1-2-11-13-9(12)7-3-5-8(10)6-4-7/h2-6H,1H3/b11-2+. The van der Waals surface area contributed by atoms with Crippen molar-refractivity contribution in [3.63, 3.8) is 0 Å². The van der Waals surface area contributed by atoms with Gasteiger partial charge in [0, 0.05) is 11.2 Å². The topological polar surface area (TPSA) is 38.7 Å². The first kappa shape index (κ1) is 9.74. The molecule has 0 atom stereocenters. The van der Waals surface area contributed by atoms with Gasteiger partial charge in [-0.2, -0.15) is 0 Å². The lowest BCUT2D eigenvalue weighted by molar-refractivity contribution is 0.0518. The van der Waals surface area contributed by atoms with E-state index in [0.717, 1.165) is 0 Å². The Morgan fingerprint density at radius 1 is 1.46 bits per heavy atom. The highest BCUT2D eigenvalue weighted by atomic mass is 35.5. The summed E-state index contributed by atoms with van der Waals surface area (Å²) in [5.74, 6) is -0.491. The third-order valence-corrected chi connectivity index (χ3v) is 1.57. The van der Waals surface area contributed by atoms with E-state index in [1.54, 1.807) is 31.2 Å². The fraction of sp³-hybridized carbons (Fsp3) is 0.111. The molecule has 1 aromatic carbocycles. The minimum absolute atomic E-state index is 0.426. The highest BCUT2D eigenvalue weighted by Crippen LogP contribution is 2.10. The van der Waals surface area contributed by atoms with Crippen LogP contribution in [0.25, 0.3) is 0 Å². The van der Waals surface area contributed by atoms with Gasteiger partial charge in [-0.05, 0) is 31.2 Å². The second-order valence-corrected chi connectivity index (χ2v) is 2.69. The van der Waals surface area contributed by atoms with Crippen molar-refractivity contribution in [2.75, 3.05) is 0 Å². The first-order chi connectivity index (χ1) is 6.24. The normalized spacial score (nSPS) is 10.3. The minimum atomic E-state index is -0.491. The van der Waals surface area contributed by atoms with Crippen LogP contribution in [-0.4, -0.2) is 12.2 Å². The zero-order chi connectivity index (χ0) is 9.68. The van der Waals surface area contributed by atoms with Crippen molar-refractivity contribution in [3.05, 3.63) is 34.9 Å². The van der Waals surface area contributed by atoms with Gasteiger partial charge < -0.3 is 4.84 Å². The molecular weight excluding hydrogens is 190 g/mol. The van der Waals surface area contributed by atoms with Crippen molar-refractivity contribution in [1.82, 2.24) is 0 Å². The molecule has 0 aliphatic rings. The van der Waals surface area contributed by atoms with Crippen molar-refractivity contribution in [2.24, 2.45) is 5.16 Å². The number of rotatable bonds is 2. The molecule has 3 nitrogen and oxygen atoms in total. The minimum Gasteiger partial charge on any atom is -0.313 e. The van der Waals surface area contributed by atoms with Gasteiger partial charge in [0.15, 0.2) is 0 Å². The monoisotopic (exact) mass is 197 g/mol. The van der Waals surface area contributed by atoms with E-state index in [1.165, 1.54) is 6.21 Å². The van der Waals surface area contributed by atoms with Gasteiger partial charge in [-0.15, -0.1) is 0 Å². The number of halogens is 1. The number of benzene rings is 1. The third-order valence-electron chi connectivity index (χ3n) is 1.32. The molecule has 0 spiro atoms. The summed E-state index contributed by atoms with van der Waals surface area (Å²) in [5.41, 5.74) is 0.426. The van der Waals surface area contributed by atoms with Crippen molar-refractivity contribution in [1.29, 1.82) is 0 Å². The van der Waals surface area contributed by atoms with Gasteiger partial charge in [0.1, 0.15) is 0 Å². The van der Waals surface area contributed by atoms with Crippen LogP contribution in [-0.2, 0) is 4.84 Å². The summed E-state index contributed by atoms with van der Waals surface area (Å²) in [7, 11) is 0. The molecule has 4 heteroatoms. The lowest BCUT2D eigenvalue weighted by Crippen LogP contribution is -1.99. The van der Waals surface area contributed by atoms with Crippen LogP contribution >= 0.6 is 11.6 Å². The average molecular weight is 198 g/mol. The van der Waals surface area contributed by atoms with Gasteiger partial charge in [0.05, 0.1) is 5.56 Å². The molecule has 0 aromatic heterocycles. The molecule has 1 aromatic rings. The van der Waals surface area contributed by atoms with E-state index in [1.807, 2.05) is 0 Å². The van der Waals surface area contributed by atoms with Crippen LogP contribution in [0.3, 0.4) is 0 Å². The number of nitrogens with zero attached hydrogens (tertiary/aromatic N) is 1. The first-order valence-corrected chi connectivity index (χ1v) is 4.06. The molecule has 13 heavy (non-hydrogen) atoms. The Balaban J connectivity index is 2.72. The summed E-state index contributed by atoms with van der Waals surface area (Å²) in [4.78, 5) is 15.6. The summed E-state index contributed by atoms with van der Waals surface area (Å²) in [6.45, 7) is 1.66. The molecule has 0 fully saturated rings. The molecule has 0 saturated carbocycles. The van der Waals surface area contributed by atoms with Crippen molar-refractivity contribution in [2.45, 2.75) is 6.92 Å². The quantitative estimate of drug-likeness (QED) is 0.415. The number of hydrogen-bond acceptors (Lipinski definition) is 3. The number of hydrogen-bond donors (Lipinski definition) is 0. The van der Waals surface area contributed by atoms with E-state index in [9.17, 15) is 4.79 Å². The predicted octanol–water partition coefficient (Wildman–Crippen LogP) is 2.50. The Morgan fingerprint density at radius 3 is 2.62 bits per heavy atom. The molecule has 0 radical (unpaired) electrons. The van der Waals surface area contributed by atoms with Crippen LogP contribution < -0.4 is 0 Å². The molecule has 0 aliphatic carbocycles. The maximum absolute atomic E-state index is 11.1. The molecule has 0 N–H and O–H groups in total. The summed E-state index contributed by atoms with van der Waals surface area (Å²) in [6, 6.07) is 6.40. The zero-order valence-corrected chi connectivity index (χ0v) is 7.78. The molecule has 0 heterocycles. The van der Waals surface area contributed by atoms with Gasteiger partial charge in [-0.1, -0.05) is 16.8 Å². The zero-order valence-electron chi connectivity index (χ0n) is 7.03. The summed E-state index contributed by atoms with van der Waals surface area (Å²) < 4.78 is 0. The molecule has 68 valence electrons. The van der Waals surface area contributed by atoms with Gasteiger partial charge in [0.2, 0.25) is 0 Å². The van der Waals surface area contributed by atoms with Gasteiger partial charge in [-0.25, -0.2) is 4.79 Å². The lowest BCUT2D eigenvalue weighted by Gasteiger charge is -1.96. The largest absolute Gasteiger partial charge is 0.365 e. The van der Waals surface area contributed by atoms with Crippen LogP contribution in [0.4, 0.5) is 0 Å². The fourth-order valence-electron chi connectivity index (χ4n) is 0.739. The van der Waals surface area contributed by atoms with Crippen LogP contribution in [0.5, 0.6) is 0 Å². The first-order valence-electron chi connectivity index (χ1n) is 3.69. The van der Waals surface area contributed by atoms with Gasteiger partial charge >= 0.3 is 5.97 Å². The Labute approximate surface area is 81.0 Å². The Hall–Kier alpha value is -1.35. The SMILES string of the molecule is C/C=N/OC(=O)c1ccc(Cl)cc1. The number of oxime groups is 1. The molecule has 0 aliphatic heterocycles. The van der Waals surface area contributed by atoms with Crippen LogP contribution in [0.2, 0.25) is 5.02 Å². The Bertz CT molecular complexity index is 319. The molecular formula is C9H8ClNO2. The van der Waals surface area contributed by atoms with Crippen molar-refractivity contribution < 1.29 is 9.63 Å². The third kappa shape index (κ3) is 2.87. The van der Waals surface area contributed by atoms with Crippen molar-refractivity contribution >= 4 is 23.8 Å². The molecule has 0 bridgehead atoms. The Kier molecular flexibility index (Phi) is 3.46. The molecule has 0 saturated heterocycles. The highest BCUT2D eigenvalue weighted by Gasteiger charge is 2.05. The Morgan fingerprint density at radius 2 is 2.08 bits per heavy atom. The maximum Gasteiger partial charge on any atom is 0.365 e. The maximum atomic E-state index is 11.1. The average Bonchev–Trinajstić information content (AvgIpc) is 2.15. The van der Waals surface area contributed by atoms with E-state index in [-0.39, 0.29) is 0 Å². The second-order valence-electron chi connectivity index (χ2n) is 2.25. The highest BCUT2D eigenvalue weighted by molar-refractivity contribution is 6.30. The number of carbonyl (C=O) groups is 1. The summed E-state index contributed by atoms with van der Waals surface area (Å²) in [5, 5.41) is 3.94. The van der Waals surface area contributed by atoms with Crippen molar-refractivity contribution in [3.8, 4) is 0 Å². The fourth-order valence-corrected chi connectivity index (χ4v) is 0.865. The molecule has 0 unspecified atom stereocenters. The van der Waals surface area contributed by atoms with Crippen LogP contribution in [0.15, 0.2) is 29.4 Å². The summed E-state index contributed by atoms with van der Waals surface area (Å²) in [6.07, 6.45) is 1.40. The second kappa shape index (κ2) is 4.62. The van der Waals surface area contributed by atoms with Gasteiger partial charge in [0.25, 0.3) is 0 Å². The van der Waals surface area contributed by atoms with E-state index in [2.05, 4.69) is 9.99 Å². The molecule has 1 rings (SSSR count). The summed E-state index contributed by atoms with van der Waals surface area (Å²) >= 11 is 5.64. The van der Waals surface area contributed by atoms with E-state index in [0.29, 0.717) is 10.6 Å². The van der Waals surface area contributed by atoms with Crippen LogP contribution in [0.1, 0.15) is 17.3 Å². The smallest absolute Gasteiger partial charge is 0.313 e. The number of carbonyl (C=O) groups excluding carboxylic acids is 1. The lowest BCUT2D eigenvalue weighted by atomic mass is 10.2. The van der Waals surface area contributed by atoms with Crippen LogP contribution in [0, 0.1) is 0 Å². The van der Waals surface area contributed by atoms with E-state index >= 15 is 0 Å². The van der Waals surface area contributed by atoms with Gasteiger partial charge in [-0.3, -0.25) is 0 Å². The van der Waals surface area contributed by atoms with E-state index < -0.39 is 5.97 Å².